The molecule has 2 aromatic heterocycles. The number of halogens is 2. The van der Waals surface area contributed by atoms with E-state index in [-0.39, 0.29) is 11.6 Å². The highest BCUT2D eigenvalue weighted by Gasteiger charge is 2.13. The normalized spacial score (nSPS) is 11.4. The minimum absolute atomic E-state index is 0.181. The van der Waals surface area contributed by atoms with Crippen molar-refractivity contribution >= 4 is 39.0 Å². The molecule has 2 heterocycles. The molecule has 0 aliphatic carbocycles. The van der Waals surface area contributed by atoms with Crippen LogP contribution in [0.4, 0.5) is 4.39 Å². The predicted molar refractivity (Wildman–Crippen MR) is 114 cm³/mol. The van der Waals surface area contributed by atoms with Crippen molar-refractivity contribution in [2.45, 2.75) is 13.8 Å². The highest BCUT2D eigenvalue weighted by molar-refractivity contribution is 9.10. The number of hydrogen-bond acceptors (Lipinski definition) is 3. The van der Waals surface area contributed by atoms with Gasteiger partial charge in [-0.3, -0.25) is 4.79 Å². The lowest BCUT2D eigenvalue weighted by molar-refractivity contribution is 0.0929. The van der Waals surface area contributed by atoms with Crippen LogP contribution < -0.4 is 5.43 Å². The maximum atomic E-state index is 13.6. The van der Waals surface area contributed by atoms with Crippen molar-refractivity contribution in [1.82, 2.24) is 9.99 Å². The zero-order valence-electron chi connectivity index (χ0n) is 15.7. The molecule has 146 valence electrons. The van der Waals surface area contributed by atoms with Gasteiger partial charge in [-0.1, -0.05) is 22.0 Å². The van der Waals surface area contributed by atoms with Crippen LogP contribution in [-0.4, -0.2) is 16.7 Å². The highest BCUT2D eigenvalue weighted by Crippen LogP contribution is 2.23. The number of nitrogens with one attached hydrogen (secondary N) is 1. The number of carbonyl (C=O) groups excluding carboxylic acids is 1. The molecule has 0 spiro atoms. The second-order valence-corrected chi connectivity index (χ2v) is 7.55. The number of nitrogens with zero attached hydrogens (tertiary/aromatic N) is 2. The Morgan fingerprint density at radius 1 is 1.17 bits per heavy atom. The molecule has 4 rings (SSSR count). The number of carbonyl (C=O) groups is 1. The van der Waals surface area contributed by atoms with E-state index in [2.05, 4.69) is 26.5 Å². The average Bonchev–Trinajstić information content (AvgIpc) is 3.22. The van der Waals surface area contributed by atoms with Gasteiger partial charge < -0.3 is 8.98 Å². The first kappa shape index (κ1) is 19.1. The SMILES string of the molecule is Cc1cc(/C=N/NC(=O)c2cc3cc(Br)ccc3o2)c(C)n1-c1cccc(F)c1. The molecule has 4 aromatic rings. The monoisotopic (exact) mass is 453 g/mol. The van der Waals surface area contributed by atoms with E-state index in [0.717, 1.165) is 32.5 Å². The molecule has 0 aliphatic heterocycles. The van der Waals surface area contributed by atoms with Crippen LogP contribution in [0.15, 0.2) is 68.6 Å². The van der Waals surface area contributed by atoms with Crippen molar-refractivity contribution in [3.05, 3.63) is 87.6 Å². The van der Waals surface area contributed by atoms with Gasteiger partial charge in [0.05, 0.1) is 6.21 Å². The van der Waals surface area contributed by atoms with Crippen molar-refractivity contribution in [2.24, 2.45) is 5.10 Å². The first-order chi connectivity index (χ1) is 13.9. The van der Waals surface area contributed by atoms with Crippen LogP contribution in [0.2, 0.25) is 0 Å². The molecule has 0 aliphatic rings. The fraction of sp³-hybridized carbons (Fsp3) is 0.0909. The number of hydrazone groups is 1. The second-order valence-electron chi connectivity index (χ2n) is 6.63. The Bertz CT molecular complexity index is 1260. The van der Waals surface area contributed by atoms with E-state index in [0.29, 0.717) is 5.58 Å². The molecule has 0 saturated carbocycles. The van der Waals surface area contributed by atoms with Crippen molar-refractivity contribution in [3.8, 4) is 5.69 Å². The topological polar surface area (TPSA) is 59.5 Å². The van der Waals surface area contributed by atoms with Gasteiger partial charge >= 0.3 is 5.91 Å². The Kier molecular flexibility index (Phi) is 5.07. The molecule has 0 saturated heterocycles. The van der Waals surface area contributed by atoms with E-state index in [1.807, 2.05) is 42.7 Å². The third-order valence-electron chi connectivity index (χ3n) is 4.61. The summed E-state index contributed by atoms with van der Waals surface area (Å²) in [5.41, 5.74) is 6.49. The quantitative estimate of drug-likeness (QED) is 0.327. The van der Waals surface area contributed by atoms with Gasteiger partial charge in [0.25, 0.3) is 0 Å². The summed E-state index contributed by atoms with van der Waals surface area (Å²) in [6.45, 7) is 3.85. The molecule has 1 amide bonds. The van der Waals surface area contributed by atoms with E-state index in [1.165, 1.54) is 12.1 Å². The van der Waals surface area contributed by atoms with Crippen molar-refractivity contribution in [3.63, 3.8) is 0 Å². The van der Waals surface area contributed by atoms with E-state index in [4.69, 9.17) is 4.42 Å². The summed E-state index contributed by atoms with van der Waals surface area (Å²) in [6, 6.07) is 15.5. The summed E-state index contributed by atoms with van der Waals surface area (Å²) >= 11 is 3.39. The molecule has 29 heavy (non-hydrogen) atoms. The number of aryl methyl sites for hydroxylation is 1. The fourth-order valence-corrected chi connectivity index (χ4v) is 3.65. The number of amides is 1. The molecule has 0 fully saturated rings. The molecule has 0 radical (unpaired) electrons. The van der Waals surface area contributed by atoms with Crippen molar-refractivity contribution in [1.29, 1.82) is 0 Å². The second kappa shape index (κ2) is 7.67. The summed E-state index contributed by atoms with van der Waals surface area (Å²) < 4.78 is 22.0. The van der Waals surface area contributed by atoms with Crippen LogP contribution in [0.5, 0.6) is 0 Å². The fourth-order valence-electron chi connectivity index (χ4n) is 3.27. The average molecular weight is 454 g/mol. The first-order valence-corrected chi connectivity index (χ1v) is 9.69. The van der Waals surface area contributed by atoms with Gasteiger partial charge in [-0.25, -0.2) is 9.82 Å². The zero-order valence-corrected chi connectivity index (χ0v) is 17.3. The third-order valence-corrected chi connectivity index (χ3v) is 5.10. The smallest absolute Gasteiger partial charge is 0.307 e. The summed E-state index contributed by atoms with van der Waals surface area (Å²) in [5.74, 6) is -0.552. The molecular formula is C22H17BrFN3O2. The van der Waals surface area contributed by atoms with Crippen LogP contribution in [-0.2, 0) is 0 Å². The van der Waals surface area contributed by atoms with Gasteiger partial charge in [0.2, 0.25) is 0 Å². The maximum absolute atomic E-state index is 13.6. The van der Waals surface area contributed by atoms with Gasteiger partial charge in [0.1, 0.15) is 11.4 Å². The van der Waals surface area contributed by atoms with E-state index >= 15 is 0 Å². The highest BCUT2D eigenvalue weighted by atomic mass is 79.9. The lowest BCUT2D eigenvalue weighted by atomic mass is 10.2. The number of fused-ring (bicyclic) bond motifs is 1. The van der Waals surface area contributed by atoms with Gasteiger partial charge in [0.15, 0.2) is 5.76 Å². The number of aromatic nitrogens is 1. The summed E-state index contributed by atoms with van der Waals surface area (Å²) in [5, 5.41) is 4.88. The Labute approximate surface area is 175 Å². The number of furan rings is 1. The Balaban J connectivity index is 1.53. The number of hydrogen-bond donors (Lipinski definition) is 1. The van der Waals surface area contributed by atoms with E-state index < -0.39 is 5.91 Å². The van der Waals surface area contributed by atoms with Crippen molar-refractivity contribution < 1.29 is 13.6 Å². The Morgan fingerprint density at radius 3 is 2.79 bits per heavy atom. The summed E-state index contributed by atoms with van der Waals surface area (Å²) in [6.07, 6.45) is 1.56. The largest absolute Gasteiger partial charge is 0.451 e. The zero-order chi connectivity index (χ0) is 20.5. The molecule has 0 bridgehead atoms. The summed E-state index contributed by atoms with van der Waals surface area (Å²) in [4.78, 5) is 12.3. The minimum Gasteiger partial charge on any atom is -0.451 e. The van der Waals surface area contributed by atoms with Gasteiger partial charge in [-0.15, -0.1) is 0 Å². The molecule has 1 N–H and O–H groups in total. The summed E-state index contributed by atoms with van der Waals surface area (Å²) in [7, 11) is 0. The van der Waals surface area contributed by atoms with Crippen LogP contribution in [0.1, 0.15) is 27.5 Å². The number of rotatable bonds is 4. The molecule has 5 nitrogen and oxygen atoms in total. The number of benzene rings is 2. The predicted octanol–water partition coefficient (Wildman–Crippen LogP) is 5.51. The minimum atomic E-state index is -0.437. The van der Waals surface area contributed by atoms with Crippen LogP contribution in [0.25, 0.3) is 16.7 Å². The molecule has 0 atom stereocenters. The third kappa shape index (κ3) is 3.86. The standard InChI is InChI=1S/C22H17BrFN3O2/c1-13-8-16(14(2)27(13)19-5-3-4-18(24)11-19)12-25-26-22(28)21-10-15-9-17(23)6-7-20(15)29-21/h3-12H,1-2H3,(H,26,28)/b25-12+. The van der Waals surface area contributed by atoms with Crippen LogP contribution >= 0.6 is 15.9 Å². The van der Waals surface area contributed by atoms with Crippen LogP contribution in [0, 0.1) is 19.7 Å². The van der Waals surface area contributed by atoms with Gasteiger partial charge in [0, 0.05) is 32.5 Å². The lowest BCUT2D eigenvalue weighted by Crippen LogP contribution is -2.16. The molecule has 2 aromatic carbocycles. The molecule has 7 heteroatoms. The van der Waals surface area contributed by atoms with E-state index in [1.54, 1.807) is 24.4 Å². The molecular weight excluding hydrogens is 437 g/mol. The van der Waals surface area contributed by atoms with Crippen LogP contribution in [0.3, 0.4) is 0 Å². The Hall–Kier alpha value is -3.19. The molecule has 0 unspecified atom stereocenters. The first-order valence-electron chi connectivity index (χ1n) is 8.90. The van der Waals surface area contributed by atoms with Gasteiger partial charge in [-0.05, 0) is 62.4 Å². The van der Waals surface area contributed by atoms with E-state index in [9.17, 15) is 9.18 Å². The van der Waals surface area contributed by atoms with Gasteiger partial charge in [-0.2, -0.15) is 5.10 Å². The lowest BCUT2D eigenvalue weighted by Gasteiger charge is -2.09. The van der Waals surface area contributed by atoms with Crippen molar-refractivity contribution in [2.75, 3.05) is 0 Å². The Morgan fingerprint density at radius 2 is 2.00 bits per heavy atom. The maximum Gasteiger partial charge on any atom is 0.307 e.